The van der Waals surface area contributed by atoms with Crippen molar-refractivity contribution in [2.75, 3.05) is 5.32 Å². The van der Waals surface area contributed by atoms with E-state index in [1.165, 1.54) is 30.4 Å². The van der Waals surface area contributed by atoms with Crippen molar-refractivity contribution in [1.29, 1.82) is 0 Å². The van der Waals surface area contributed by atoms with Crippen LogP contribution in [0.4, 0.5) is 5.69 Å². The molecule has 0 bridgehead atoms. The molecule has 0 unspecified atom stereocenters. The molecule has 1 aliphatic rings. The van der Waals surface area contributed by atoms with Gasteiger partial charge in [0.05, 0.1) is 0 Å². The van der Waals surface area contributed by atoms with Crippen LogP contribution in [0.25, 0.3) is 0 Å². The smallest absolute Gasteiger partial charge is 0.171 e. The molecule has 110 valence electrons. The zero-order valence-corrected chi connectivity index (χ0v) is 13.8. The molecule has 0 spiro atoms. The normalized spacial score (nSPS) is 26.1. The zero-order chi connectivity index (χ0) is 14.7. The highest BCUT2D eigenvalue weighted by Gasteiger charge is 2.27. The summed E-state index contributed by atoms with van der Waals surface area (Å²) in [6, 6.07) is 6.91. The molecular weight excluding hydrogens is 264 g/mol. The molecule has 1 saturated carbocycles. The topological polar surface area (TPSA) is 24.1 Å². The number of thiocarbonyl (C=S) groups is 1. The van der Waals surface area contributed by atoms with E-state index in [1.807, 2.05) is 0 Å². The summed E-state index contributed by atoms with van der Waals surface area (Å²) >= 11 is 5.49. The number of aryl methyl sites for hydroxylation is 2. The molecule has 0 aromatic heterocycles. The van der Waals surface area contributed by atoms with Crippen LogP contribution in [0.3, 0.4) is 0 Å². The fourth-order valence-corrected chi connectivity index (χ4v) is 3.24. The predicted molar refractivity (Wildman–Crippen MR) is 91.2 cm³/mol. The Hall–Kier alpha value is -1.09. The van der Waals surface area contributed by atoms with Crippen molar-refractivity contribution in [3.8, 4) is 0 Å². The Morgan fingerprint density at radius 1 is 1.20 bits per heavy atom. The highest BCUT2D eigenvalue weighted by Crippen LogP contribution is 2.29. The van der Waals surface area contributed by atoms with Crippen LogP contribution in [0.5, 0.6) is 0 Å². The van der Waals surface area contributed by atoms with Gasteiger partial charge in [-0.25, -0.2) is 0 Å². The summed E-state index contributed by atoms with van der Waals surface area (Å²) in [4.78, 5) is 0. The standard InChI is InChI=1S/C17H26N2S/c1-11-8-9-13(3)16(10-11)19-17(20)18-15-7-5-6-12(2)14(15)4/h8-10,12,14-15H,5-7H2,1-4H3,(H2,18,19,20)/t12-,14-,15-/m0/s1. The second-order valence-electron chi connectivity index (χ2n) is 6.29. The van der Waals surface area contributed by atoms with Gasteiger partial charge in [-0.1, -0.05) is 38.8 Å². The molecule has 1 fully saturated rings. The quantitative estimate of drug-likeness (QED) is 0.789. The van der Waals surface area contributed by atoms with Crippen LogP contribution in [0, 0.1) is 25.7 Å². The Morgan fingerprint density at radius 3 is 2.70 bits per heavy atom. The molecule has 2 nitrogen and oxygen atoms in total. The molecule has 0 saturated heterocycles. The van der Waals surface area contributed by atoms with Crippen molar-refractivity contribution in [1.82, 2.24) is 5.32 Å². The number of hydrogen-bond acceptors (Lipinski definition) is 1. The summed E-state index contributed by atoms with van der Waals surface area (Å²) in [5.74, 6) is 1.46. The van der Waals surface area contributed by atoms with Gasteiger partial charge in [-0.15, -0.1) is 0 Å². The van der Waals surface area contributed by atoms with E-state index >= 15 is 0 Å². The number of rotatable bonds is 2. The average molecular weight is 290 g/mol. The number of anilines is 1. The summed E-state index contributed by atoms with van der Waals surface area (Å²) in [6.45, 7) is 8.89. The minimum Gasteiger partial charge on any atom is -0.359 e. The number of nitrogens with one attached hydrogen (secondary N) is 2. The van der Waals surface area contributed by atoms with Gasteiger partial charge in [-0.05, 0) is 61.5 Å². The second-order valence-corrected chi connectivity index (χ2v) is 6.70. The van der Waals surface area contributed by atoms with E-state index in [1.54, 1.807) is 0 Å². The van der Waals surface area contributed by atoms with E-state index in [-0.39, 0.29) is 0 Å². The largest absolute Gasteiger partial charge is 0.359 e. The minimum atomic E-state index is 0.504. The van der Waals surface area contributed by atoms with E-state index in [9.17, 15) is 0 Å². The lowest BCUT2D eigenvalue weighted by molar-refractivity contribution is 0.225. The van der Waals surface area contributed by atoms with Gasteiger partial charge in [0, 0.05) is 11.7 Å². The first-order valence-electron chi connectivity index (χ1n) is 7.62. The molecule has 20 heavy (non-hydrogen) atoms. The van der Waals surface area contributed by atoms with Gasteiger partial charge < -0.3 is 10.6 Å². The molecule has 3 atom stereocenters. The average Bonchev–Trinajstić information content (AvgIpc) is 2.39. The summed E-state index contributed by atoms with van der Waals surface area (Å²) in [5.41, 5.74) is 3.59. The van der Waals surface area contributed by atoms with E-state index in [4.69, 9.17) is 12.2 Å². The Balaban J connectivity index is 1.97. The molecule has 3 heteroatoms. The third kappa shape index (κ3) is 3.72. The molecular formula is C17H26N2S. The molecule has 2 N–H and O–H groups in total. The lowest BCUT2D eigenvalue weighted by atomic mass is 9.78. The molecule has 2 rings (SSSR count). The van der Waals surface area contributed by atoms with Crippen molar-refractivity contribution in [2.45, 2.75) is 53.0 Å². The van der Waals surface area contributed by atoms with Crippen LogP contribution < -0.4 is 10.6 Å². The van der Waals surface area contributed by atoms with Crippen molar-refractivity contribution in [3.05, 3.63) is 29.3 Å². The van der Waals surface area contributed by atoms with Crippen LogP contribution >= 0.6 is 12.2 Å². The van der Waals surface area contributed by atoms with Gasteiger partial charge in [0.15, 0.2) is 5.11 Å². The number of hydrogen-bond donors (Lipinski definition) is 2. The highest BCUT2D eigenvalue weighted by molar-refractivity contribution is 7.80. The van der Waals surface area contributed by atoms with Gasteiger partial charge in [0.1, 0.15) is 0 Å². The Morgan fingerprint density at radius 2 is 1.95 bits per heavy atom. The zero-order valence-electron chi connectivity index (χ0n) is 13.0. The van der Waals surface area contributed by atoms with Gasteiger partial charge in [0.2, 0.25) is 0 Å². The van der Waals surface area contributed by atoms with Crippen LogP contribution in [0.2, 0.25) is 0 Å². The van der Waals surface area contributed by atoms with Crippen molar-refractivity contribution in [2.24, 2.45) is 11.8 Å². The first-order chi connectivity index (χ1) is 9.47. The third-order valence-electron chi connectivity index (χ3n) is 4.66. The van der Waals surface area contributed by atoms with E-state index < -0.39 is 0 Å². The fraction of sp³-hybridized carbons (Fsp3) is 0.588. The van der Waals surface area contributed by atoms with Gasteiger partial charge in [-0.3, -0.25) is 0 Å². The first-order valence-corrected chi connectivity index (χ1v) is 8.03. The highest BCUT2D eigenvalue weighted by atomic mass is 32.1. The summed E-state index contributed by atoms with van der Waals surface area (Å²) in [6.07, 6.45) is 3.87. The maximum atomic E-state index is 5.49. The van der Waals surface area contributed by atoms with Crippen molar-refractivity contribution in [3.63, 3.8) is 0 Å². The summed E-state index contributed by atoms with van der Waals surface area (Å²) in [5, 5.41) is 7.62. The maximum Gasteiger partial charge on any atom is 0.171 e. The SMILES string of the molecule is Cc1ccc(C)c(NC(=S)N[C@H]2CCC[C@H](C)[C@@H]2C)c1. The Labute approximate surface area is 128 Å². The van der Waals surface area contributed by atoms with Crippen molar-refractivity contribution < 1.29 is 0 Å². The summed E-state index contributed by atoms with van der Waals surface area (Å²) in [7, 11) is 0. The minimum absolute atomic E-state index is 0.504. The molecule has 1 aromatic carbocycles. The van der Waals surface area contributed by atoms with Gasteiger partial charge in [0.25, 0.3) is 0 Å². The van der Waals surface area contributed by atoms with Crippen LogP contribution in [-0.2, 0) is 0 Å². The lowest BCUT2D eigenvalue weighted by Crippen LogP contribution is -2.45. The van der Waals surface area contributed by atoms with Crippen LogP contribution in [0.15, 0.2) is 18.2 Å². The third-order valence-corrected chi connectivity index (χ3v) is 4.88. The van der Waals surface area contributed by atoms with E-state index in [2.05, 4.69) is 56.5 Å². The van der Waals surface area contributed by atoms with E-state index in [0.29, 0.717) is 12.0 Å². The monoisotopic (exact) mass is 290 g/mol. The molecule has 0 aliphatic heterocycles. The number of benzene rings is 1. The predicted octanol–water partition coefficient (Wildman–Crippen LogP) is 4.41. The van der Waals surface area contributed by atoms with E-state index in [0.717, 1.165) is 16.7 Å². The first kappa shape index (κ1) is 15.3. The van der Waals surface area contributed by atoms with Gasteiger partial charge in [-0.2, -0.15) is 0 Å². The maximum absolute atomic E-state index is 5.49. The Kier molecular flexibility index (Phi) is 5.03. The second kappa shape index (κ2) is 6.57. The van der Waals surface area contributed by atoms with Crippen molar-refractivity contribution >= 4 is 23.0 Å². The van der Waals surface area contributed by atoms with Crippen LogP contribution in [0.1, 0.15) is 44.2 Å². The molecule has 1 aromatic rings. The molecule has 0 heterocycles. The Bertz CT molecular complexity index is 484. The molecule has 1 aliphatic carbocycles. The molecule has 0 radical (unpaired) electrons. The van der Waals surface area contributed by atoms with Crippen LogP contribution in [-0.4, -0.2) is 11.2 Å². The lowest BCUT2D eigenvalue weighted by Gasteiger charge is -2.35. The molecule has 0 amide bonds. The fourth-order valence-electron chi connectivity index (χ4n) is 2.98. The van der Waals surface area contributed by atoms with Gasteiger partial charge >= 0.3 is 0 Å². The summed E-state index contributed by atoms with van der Waals surface area (Å²) < 4.78 is 0.